The lowest BCUT2D eigenvalue weighted by atomic mass is 10.1. The average molecular weight is 328 g/mol. The number of hydrazone groups is 1. The quantitative estimate of drug-likeness (QED) is 0.626. The lowest BCUT2D eigenvalue weighted by Crippen LogP contribution is -2.25. The molecule has 0 heterocycles. The van der Waals surface area contributed by atoms with Gasteiger partial charge in [-0.3, -0.25) is 4.79 Å². The first kappa shape index (κ1) is 17.3. The normalized spacial score (nSPS) is 10.9. The first-order valence-corrected chi connectivity index (χ1v) is 7.37. The van der Waals surface area contributed by atoms with E-state index in [4.69, 9.17) is 14.2 Å². The largest absolute Gasteiger partial charge is 0.497 e. The number of nitrogens with one attached hydrogen (secondary N) is 1. The van der Waals surface area contributed by atoms with E-state index < -0.39 is 0 Å². The van der Waals surface area contributed by atoms with E-state index in [-0.39, 0.29) is 12.5 Å². The Hall–Kier alpha value is -3.02. The third kappa shape index (κ3) is 5.01. The molecule has 0 radical (unpaired) electrons. The maximum Gasteiger partial charge on any atom is 0.277 e. The summed E-state index contributed by atoms with van der Waals surface area (Å²) in [6.45, 7) is 1.68. The van der Waals surface area contributed by atoms with E-state index in [9.17, 15) is 4.79 Å². The van der Waals surface area contributed by atoms with Gasteiger partial charge in [-0.05, 0) is 43.3 Å². The lowest BCUT2D eigenvalue weighted by Gasteiger charge is -2.07. The number of hydrogen-bond donors (Lipinski definition) is 1. The Morgan fingerprint density at radius 3 is 2.33 bits per heavy atom. The van der Waals surface area contributed by atoms with Gasteiger partial charge >= 0.3 is 0 Å². The maximum atomic E-state index is 11.8. The van der Waals surface area contributed by atoms with Gasteiger partial charge in [-0.25, -0.2) is 5.43 Å². The minimum Gasteiger partial charge on any atom is -0.497 e. The Kier molecular flexibility index (Phi) is 6.19. The fraction of sp³-hybridized carbons (Fsp3) is 0.222. The van der Waals surface area contributed by atoms with Crippen molar-refractivity contribution in [1.82, 2.24) is 5.43 Å². The number of methoxy groups -OCH3 is 2. The van der Waals surface area contributed by atoms with E-state index in [2.05, 4.69) is 10.5 Å². The molecular formula is C18H20N2O4. The fourth-order valence-electron chi connectivity index (χ4n) is 1.91. The second-order valence-corrected chi connectivity index (χ2v) is 4.93. The molecule has 0 spiro atoms. The number of hydrogen-bond acceptors (Lipinski definition) is 5. The van der Waals surface area contributed by atoms with E-state index >= 15 is 0 Å². The Bertz CT molecular complexity index is 711. The van der Waals surface area contributed by atoms with Crippen molar-refractivity contribution in [2.75, 3.05) is 20.8 Å². The Morgan fingerprint density at radius 2 is 1.67 bits per heavy atom. The van der Waals surface area contributed by atoms with Crippen LogP contribution in [0.15, 0.2) is 53.6 Å². The average Bonchev–Trinajstić information content (AvgIpc) is 2.64. The molecule has 0 bridgehead atoms. The Labute approximate surface area is 141 Å². The van der Waals surface area contributed by atoms with Gasteiger partial charge in [-0.2, -0.15) is 5.10 Å². The highest BCUT2D eigenvalue weighted by molar-refractivity contribution is 5.99. The Balaban J connectivity index is 1.86. The smallest absolute Gasteiger partial charge is 0.277 e. The zero-order valence-corrected chi connectivity index (χ0v) is 13.9. The molecule has 1 N–H and O–H groups in total. The van der Waals surface area contributed by atoms with Crippen LogP contribution in [-0.4, -0.2) is 32.4 Å². The molecule has 0 aliphatic carbocycles. The SMILES string of the molecule is COc1ccc(OCC(=O)N/N=C(\C)c2cccc(OC)c2)cc1. The number of carbonyl (C=O) groups excluding carboxylic acids is 1. The highest BCUT2D eigenvalue weighted by Gasteiger charge is 2.04. The molecule has 0 unspecified atom stereocenters. The molecule has 126 valence electrons. The summed E-state index contributed by atoms with van der Waals surface area (Å²) in [6, 6.07) is 14.4. The second-order valence-electron chi connectivity index (χ2n) is 4.93. The summed E-state index contributed by atoms with van der Waals surface area (Å²) in [5.41, 5.74) is 4.01. The molecule has 1 amide bonds. The van der Waals surface area contributed by atoms with Gasteiger partial charge in [0.15, 0.2) is 6.61 Å². The number of carbonyl (C=O) groups is 1. The minimum atomic E-state index is -0.340. The Morgan fingerprint density at radius 1 is 1.00 bits per heavy atom. The van der Waals surface area contributed by atoms with Gasteiger partial charge in [0.1, 0.15) is 17.2 Å². The lowest BCUT2D eigenvalue weighted by molar-refractivity contribution is -0.123. The van der Waals surface area contributed by atoms with Crippen LogP contribution >= 0.6 is 0 Å². The highest BCUT2D eigenvalue weighted by Crippen LogP contribution is 2.16. The molecule has 24 heavy (non-hydrogen) atoms. The molecule has 0 aliphatic heterocycles. The summed E-state index contributed by atoms with van der Waals surface area (Å²) in [4.78, 5) is 11.8. The minimum absolute atomic E-state index is 0.124. The van der Waals surface area contributed by atoms with E-state index in [0.29, 0.717) is 11.5 Å². The molecular weight excluding hydrogens is 308 g/mol. The predicted molar refractivity (Wildman–Crippen MR) is 91.8 cm³/mol. The number of amides is 1. The van der Waals surface area contributed by atoms with Gasteiger partial charge in [-0.1, -0.05) is 12.1 Å². The maximum absolute atomic E-state index is 11.8. The number of ether oxygens (including phenoxy) is 3. The van der Waals surface area contributed by atoms with Crippen molar-refractivity contribution < 1.29 is 19.0 Å². The molecule has 6 nitrogen and oxygen atoms in total. The third-order valence-corrected chi connectivity index (χ3v) is 3.27. The fourth-order valence-corrected chi connectivity index (χ4v) is 1.91. The van der Waals surface area contributed by atoms with Crippen LogP contribution in [0, 0.1) is 0 Å². The molecule has 6 heteroatoms. The van der Waals surface area contributed by atoms with Crippen LogP contribution in [0.4, 0.5) is 0 Å². The van der Waals surface area contributed by atoms with Crippen LogP contribution in [0.5, 0.6) is 17.2 Å². The van der Waals surface area contributed by atoms with Crippen LogP contribution in [0.25, 0.3) is 0 Å². The van der Waals surface area contributed by atoms with Crippen molar-refractivity contribution in [3.05, 3.63) is 54.1 Å². The summed E-state index contributed by atoms with van der Waals surface area (Å²) >= 11 is 0. The van der Waals surface area contributed by atoms with Crippen molar-refractivity contribution in [2.24, 2.45) is 5.10 Å². The van der Waals surface area contributed by atoms with Crippen LogP contribution in [-0.2, 0) is 4.79 Å². The second kappa shape index (κ2) is 8.57. The van der Waals surface area contributed by atoms with Gasteiger partial charge in [0.2, 0.25) is 0 Å². The van der Waals surface area contributed by atoms with Crippen LogP contribution in [0.2, 0.25) is 0 Å². The molecule has 0 saturated carbocycles. The summed E-state index contributed by atoms with van der Waals surface area (Å²) in [6.07, 6.45) is 0. The predicted octanol–water partition coefficient (Wildman–Crippen LogP) is 2.62. The first-order valence-electron chi connectivity index (χ1n) is 7.37. The molecule has 0 aliphatic rings. The van der Waals surface area contributed by atoms with Gasteiger partial charge in [0.25, 0.3) is 5.91 Å². The van der Waals surface area contributed by atoms with Gasteiger partial charge in [0.05, 0.1) is 19.9 Å². The molecule has 2 rings (SSSR count). The topological polar surface area (TPSA) is 69.2 Å². The van der Waals surface area contributed by atoms with E-state index in [1.807, 2.05) is 24.3 Å². The molecule has 0 fully saturated rings. The zero-order valence-electron chi connectivity index (χ0n) is 13.9. The molecule has 0 atom stereocenters. The molecule has 2 aromatic carbocycles. The summed E-state index contributed by atoms with van der Waals surface area (Å²) < 4.78 is 15.6. The monoisotopic (exact) mass is 328 g/mol. The van der Waals surface area contributed by atoms with E-state index in [1.165, 1.54) is 0 Å². The van der Waals surface area contributed by atoms with E-state index in [0.717, 1.165) is 17.1 Å². The van der Waals surface area contributed by atoms with Crippen LogP contribution < -0.4 is 19.6 Å². The van der Waals surface area contributed by atoms with Gasteiger partial charge < -0.3 is 14.2 Å². The summed E-state index contributed by atoms with van der Waals surface area (Å²) in [7, 11) is 3.19. The number of nitrogens with zero attached hydrogens (tertiary/aromatic N) is 1. The molecule has 0 saturated heterocycles. The zero-order chi connectivity index (χ0) is 17.4. The third-order valence-electron chi connectivity index (χ3n) is 3.27. The van der Waals surface area contributed by atoms with Gasteiger partial charge in [-0.15, -0.1) is 0 Å². The van der Waals surface area contributed by atoms with E-state index in [1.54, 1.807) is 45.4 Å². The van der Waals surface area contributed by atoms with Gasteiger partial charge in [0, 0.05) is 5.56 Å². The van der Waals surface area contributed by atoms with Crippen molar-refractivity contribution >= 4 is 11.6 Å². The van der Waals surface area contributed by atoms with Crippen LogP contribution in [0.1, 0.15) is 12.5 Å². The standard InChI is InChI=1S/C18H20N2O4/c1-13(14-5-4-6-17(11-14)23-3)19-20-18(21)12-24-16-9-7-15(22-2)8-10-16/h4-11H,12H2,1-3H3,(H,20,21)/b19-13+. The first-order chi connectivity index (χ1) is 11.6. The summed E-state index contributed by atoms with van der Waals surface area (Å²) in [5.74, 6) is 1.70. The van der Waals surface area contributed by atoms with Crippen molar-refractivity contribution in [3.8, 4) is 17.2 Å². The highest BCUT2D eigenvalue weighted by atomic mass is 16.5. The molecule has 2 aromatic rings. The molecule has 0 aromatic heterocycles. The van der Waals surface area contributed by atoms with Crippen molar-refractivity contribution in [1.29, 1.82) is 0 Å². The van der Waals surface area contributed by atoms with Crippen LogP contribution in [0.3, 0.4) is 0 Å². The van der Waals surface area contributed by atoms with Crippen molar-refractivity contribution in [3.63, 3.8) is 0 Å². The van der Waals surface area contributed by atoms with Crippen molar-refractivity contribution in [2.45, 2.75) is 6.92 Å². The number of benzene rings is 2. The number of rotatable bonds is 7. The summed E-state index contributed by atoms with van der Waals surface area (Å²) in [5, 5.41) is 4.07.